The summed E-state index contributed by atoms with van der Waals surface area (Å²) >= 11 is 6.23. The van der Waals surface area contributed by atoms with Crippen LogP contribution in [0, 0.1) is 0 Å². The van der Waals surface area contributed by atoms with E-state index in [1.807, 2.05) is 67.2 Å². The Hall–Kier alpha value is -2.63. The van der Waals surface area contributed by atoms with Gasteiger partial charge in [-0.25, -0.2) is 4.98 Å². The number of nitrogens with one attached hydrogen (secondary N) is 1. The van der Waals surface area contributed by atoms with Crippen LogP contribution in [-0.4, -0.2) is 21.2 Å². The van der Waals surface area contributed by atoms with Crippen LogP contribution in [-0.2, 0) is 13.6 Å². The molecule has 2 aromatic heterocycles. The smallest absolute Gasteiger partial charge is 0.283 e. The highest BCUT2D eigenvalue weighted by Crippen LogP contribution is 2.27. The Morgan fingerprint density at radius 2 is 1.92 bits per heavy atom. The first-order valence-corrected chi connectivity index (χ1v) is 8.39. The third-order valence-corrected chi connectivity index (χ3v) is 4.63. The van der Waals surface area contributed by atoms with Gasteiger partial charge in [-0.3, -0.25) is 9.36 Å². The van der Waals surface area contributed by atoms with Crippen LogP contribution < -0.4 is 10.9 Å². The van der Waals surface area contributed by atoms with Gasteiger partial charge in [0.1, 0.15) is 5.82 Å². The Kier molecular flexibility index (Phi) is 3.82. The van der Waals surface area contributed by atoms with Crippen molar-refractivity contribution in [2.45, 2.75) is 6.54 Å². The summed E-state index contributed by atoms with van der Waals surface area (Å²) < 4.78 is 3.65. The lowest BCUT2D eigenvalue weighted by Gasteiger charge is -2.12. The van der Waals surface area contributed by atoms with Gasteiger partial charge < -0.3 is 9.88 Å². The number of hydrogen-bond acceptors (Lipinski definition) is 3. The average Bonchev–Trinajstić information content (AvgIpc) is 2.94. The van der Waals surface area contributed by atoms with E-state index in [9.17, 15) is 4.79 Å². The van der Waals surface area contributed by atoms with Gasteiger partial charge in [0, 0.05) is 23.1 Å². The summed E-state index contributed by atoms with van der Waals surface area (Å²) in [5, 5.41) is 4.63. The summed E-state index contributed by atoms with van der Waals surface area (Å²) in [4.78, 5) is 17.8. The SMILES string of the molecule is CNCc1nc2c(=O)n(-c3ccccc3)c3cc(Cl)ccc3c2n1C. The van der Waals surface area contributed by atoms with Gasteiger partial charge in [-0.15, -0.1) is 0 Å². The number of para-hydroxylation sites is 1. The number of nitrogens with zero attached hydrogens (tertiary/aromatic N) is 3. The predicted octanol–water partition coefficient (Wildman–Crippen LogP) is 3.25. The zero-order valence-electron chi connectivity index (χ0n) is 14.0. The van der Waals surface area contributed by atoms with Crippen LogP contribution in [0.25, 0.3) is 27.6 Å². The van der Waals surface area contributed by atoms with E-state index in [4.69, 9.17) is 11.6 Å². The number of benzene rings is 2. The number of rotatable bonds is 3. The molecule has 2 heterocycles. The molecule has 0 atom stereocenters. The van der Waals surface area contributed by atoms with Crippen LogP contribution in [0.5, 0.6) is 0 Å². The molecular formula is C19H17ClN4O. The standard InChI is InChI=1S/C19H17ClN4O/c1-21-11-16-22-17-18(23(16)2)14-9-8-12(20)10-15(14)24(19(17)25)13-6-4-3-5-7-13/h3-10,21H,11H2,1-2H3. The van der Waals surface area contributed by atoms with E-state index in [1.54, 1.807) is 4.57 Å². The molecule has 0 aliphatic rings. The molecule has 0 aliphatic carbocycles. The van der Waals surface area contributed by atoms with E-state index in [0.717, 1.165) is 27.9 Å². The summed E-state index contributed by atoms with van der Waals surface area (Å²) in [6.07, 6.45) is 0. The molecule has 0 aliphatic heterocycles. The van der Waals surface area contributed by atoms with Gasteiger partial charge in [0.2, 0.25) is 0 Å². The minimum Gasteiger partial charge on any atom is -0.329 e. The van der Waals surface area contributed by atoms with E-state index < -0.39 is 0 Å². The molecule has 2 aromatic carbocycles. The summed E-state index contributed by atoms with van der Waals surface area (Å²) in [6.45, 7) is 0.588. The van der Waals surface area contributed by atoms with Gasteiger partial charge in [-0.05, 0) is 37.4 Å². The van der Waals surface area contributed by atoms with Crippen LogP contribution in [0.15, 0.2) is 53.3 Å². The first-order chi connectivity index (χ1) is 12.1. The first-order valence-electron chi connectivity index (χ1n) is 8.01. The van der Waals surface area contributed by atoms with Gasteiger partial charge >= 0.3 is 0 Å². The lowest BCUT2D eigenvalue weighted by Crippen LogP contribution is -2.19. The number of hydrogen-bond donors (Lipinski definition) is 1. The summed E-state index contributed by atoms with van der Waals surface area (Å²) in [6, 6.07) is 15.2. The number of aryl methyl sites for hydroxylation is 1. The molecule has 5 nitrogen and oxygen atoms in total. The third kappa shape index (κ3) is 2.44. The van der Waals surface area contributed by atoms with Gasteiger partial charge in [0.25, 0.3) is 5.56 Å². The Labute approximate surface area is 149 Å². The van der Waals surface area contributed by atoms with E-state index in [0.29, 0.717) is 17.1 Å². The number of halogens is 1. The molecule has 0 spiro atoms. The fourth-order valence-electron chi connectivity index (χ4n) is 3.26. The lowest BCUT2D eigenvalue weighted by atomic mass is 10.1. The molecule has 0 radical (unpaired) electrons. The first kappa shape index (κ1) is 15.9. The van der Waals surface area contributed by atoms with E-state index in [1.165, 1.54) is 0 Å². The van der Waals surface area contributed by atoms with Crippen LogP contribution in [0.2, 0.25) is 5.02 Å². The fraction of sp³-hybridized carbons (Fsp3) is 0.158. The minimum absolute atomic E-state index is 0.145. The highest BCUT2D eigenvalue weighted by Gasteiger charge is 2.18. The molecule has 0 saturated carbocycles. The topological polar surface area (TPSA) is 51.9 Å². The summed E-state index contributed by atoms with van der Waals surface area (Å²) in [5.74, 6) is 0.816. The Morgan fingerprint density at radius 1 is 1.16 bits per heavy atom. The van der Waals surface area contributed by atoms with Crippen molar-refractivity contribution in [3.8, 4) is 5.69 Å². The molecule has 0 bridgehead atoms. The van der Waals surface area contributed by atoms with Crippen molar-refractivity contribution in [2.75, 3.05) is 7.05 Å². The second-order valence-corrected chi connectivity index (χ2v) is 6.39. The molecule has 0 saturated heterocycles. The zero-order valence-corrected chi connectivity index (χ0v) is 14.7. The number of pyridine rings is 1. The molecule has 6 heteroatoms. The van der Waals surface area contributed by atoms with Gasteiger partial charge in [0.15, 0.2) is 5.52 Å². The van der Waals surface area contributed by atoms with Crippen LogP contribution >= 0.6 is 11.6 Å². The molecule has 4 aromatic rings. The lowest BCUT2D eigenvalue weighted by molar-refractivity contribution is 0.719. The maximum Gasteiger partial charge on any atom is 0.283 e. The largest absolute Gasteiger partial charge is 0.329 e. The fourth-order valence-corrected chi connectivity index (χ4v) is 3.42. The van der Waals surface area contributed by atoms with Crippen molar-refractivity contribution in [1.29, 1.82) is 0 Å². The van der Waals surface area contributed by atoms with Crippen LogP contribution in [0.4, 0.5) is 0 Å². The Balaban J connectivity index is 2.22. The molecule has 126 valence electrons. The zero-order chi connectivity index (χ0) is 17.6. The maximum absolute atomic E-state index is 13.2. The molecule has 0 fully saturated rings. The predicted molar refractivity (Wildman–Crippen MR) is 102 cm³/mol. The van der Waals surface area contributed by atoms with Gasteiger partial charge in [-0.2, -0.15) is 0 Å². The molecule has 4 rings (SSSR count). The maximum atomic E-state index is 13.2. The van der Waals surface area contributed by atoms with Crippen molar-refractivity contribution in [3.05, 3.63) is 69.7 Å². The van der Waals surface area contributed by atoms with Crippen molar-refractivity contribution in [3.63, 3.8) is 0 Å². The van der Waals surface area contributed by atoms with E-state index >= 15 is 0 Å². The van der Waals surface area contributed by atoms with Gasteiger partial charge in [-0.1, -0.05) is 29.8 Å². The second-order valence-electron chi connectivity index (χ2n) is 5.95. The molecule has 0 amide bonds. The van der Waals surface area contributed by atoms with Crippen molar-refractivity contribution in [1.82, 2.24) is 19.4 Å². The van der Waals surface area contributed by atoms with Gasteiger partial charge in [0.05, 0.1) is 17.6 Å². The van der Waals surface area contributed by atoms with E-state index in [2.05, 4.69) is 10.3 Å². The minimum atomic E-state index is -0.145. The summed E-state index contributed by atoms with van der Waals surface area (Å²) in [7, 11) is 3.79. The number of aromatic nitrogens is 3. The van der Waals surface area contributed by atoms with Crippen molar-refractivity contribution < 1.29 is 0 Å². The molecule has 0 unspecified atom stereocenters. The Bertz CT molecular complexity index is 1150. The second kappa shape index (κ2) is 6.02. The molecular weight excluding hydrogens is 336 g/mol. The van der Waals surface area contributed by atoms with Crippen molar-refractivity contribution in [2.24, 2.45) is 7.05 Å². The number of imidazole rings is 1. The molecule has 1 N–H and O–H groups in total. The van der Waals surface area contributed by atoms with Crippen molar-refractivity contribution >= 4 is 33.5 Å². The highest BCUT2D eigenvalue weighted by molar-refractivity contribution is 6.31. The van der Waals surface area contributed by atoms with Crippen LogP contribution in [0.3, 0.4) is 0 Å². The highest BCUT2D eigenvalue weighted by atomic mass is 35.5. The Morgan fingerprint density at radius 3 is 2.64 bits per heavy atom. The van der Waals surface area contributed by atoms with E-state index in [-0.39, 0.29) is 5.56 Å². The third-order valence-electron chi connectivity index (χ3n) is 4.40. The molecule has 25 heavy (non-hydrogen) atoms. The number of fused-ring (bicyclic) bond motifs is 3. The average molecular weight is 353 g/mol. The summed E-state index contributed by atoms with van der Waals surface area (Å²) in [5.41, 5.74) is 2.71. The van der Waals surface area contributed by atoms with Crippen LogP contribution in [0.1, 0.15) is 5.82 Å². The monoisotopic (exact) mass is 352 g/mol. The quantitative estimate of drug-likeness (QED) is 0.615. The normalized spacial score (nSPS) is 11.5.